The van der Waals surface area contributed by atoms with Crippen molar-refractivity contribution in [3.8, 4) is 33.8 Å². The summed E-state index contributed by atoms with van der Waals surface area (Å²) in [6.45, 7) is 7.19. The van der Waals surface area contributed by atoms with Crippen LogP contribution in [0.4, 0.5) is 34.1 Å². The zero-order valence-electron chi connectivity index (χ0n) is 35.9. The maximum absolute atomic E-state index is 6.88. The molecule has 0 radical (unpaired) electrons. The summed E-state index contributed by atoms with van der Waals surface area (Å²) < 4.78 is 13.1. The molecular formula is C59H44N2O2Si. The molecule has 0 aliphatic carbocycles. The van der Waals surface area contributed by atoms with Crippen LogP contribution in [0.2, 0.25) is 19.6 Å². The SMILES string of the molecule is C[Si](C)(C)c1ccc(N(c2ccccc2)c2ccc(-c3ccc4cc5c6c(cccc6c4c3)Oc3cc(N(c4ccccc4)c4ccc6oc7ccccc7c6c4)ccc3-5)cc2)cc1. The number of rotatable bonds is 8. The molecule has 0 saturated carbocycles. The summed E-state index contributed by atoms with van der Waals surface area (Å²) in [5, 5.41) is 8.37. The fourth-order valence-electron chi connectivity index (χ4n) is 9.54. The Kier molecular flexibility index (Phi) is 8.82. The second kappa shape index (κ2) is 14.9. The molecule has 0 spiro atoms. The van der Waals surface area contributed by atoms with Crippen LogP contribution in [-0.2, 0) is 0 Å². The Labute approximate surface area is 373 Å². The second-order valence-corrected chi connectivity index (χ2v) is 22.9. The third-order valence-corrected chi connectivity index (χ3v) is 14.8. The minimum absolute atomic E-state index is 0.834. The number of hydrogen-bond acceptors (Lipinski definition) is 4. The second-order valence-electron chi connectivity index (χ2n) is 17.8. The van der Waals surface area contributed by atoms with Crippen molar-refractivity contribution in [2.45, 2.75) is 19.6 Å². The summed E-state index contributed by atoms with van der Waals surface area (Å²) >= 11 is 0. The normalized spacial score (nSPS) is 12.1. The molecule has 10 aromatic carbocycles. The predicted molar refractivity (Wildman–Crippen MR) is 272 cm³/mol. The zero-order chi connectivity index (χ0) is 42.9. The monoisotopic (exact) mass is 840 g/mol. The molecule has 0 N–H and O–H groups in total. The van der Waals surface area contributed by atoms with Crippen LogP contribution in [0.1, 0.15) is 0 Å². The van der Waals surface area contributed by atoms with E-state index in [1.165, 1.54) is 38.0 Å². The minimum atomic E-state index is -1.42. The summed E-state index contributed by atoms with van der Waals surface area (Å²) in [7, 11) is -1.42. The highest BCUT2D eigenvalue weighted by Crippen LogP contribution is 2.51. The van der Waals surface area contributed by atoms with Gasteiger partial charge in [-0.2, -0.15) is 0 Å². The van der Waals surface area contributed by atoms with Crippen molar-refractivity contribution in [2.75, 3.05) is 9.80 Å². The van der Waals surface area contributed by atoms with Crippen molar-refractivity contribution < 1.29 is 9.15 Å². The molecule has 0 bridgehead atoms. The average Bonchev–Trinajstić information content (AvgIpc) is 3.71. The Morgan fingerprint density at radius 3 is 1.67 bits per heavy atom. The highest BCUT2D eigenvalue weighted by Gasteiger charge is 2.25. The molecule has 1 aliphatic rings. The lowest BCUT2D eigenvalue weighted by atomic mass is 9.89. The van der Waals surface area contributed by atoms with E-state index in [0.29, 0.717) is 0 Å². The molecule has 0 fully saturated rings. The van der Waals surface area contributed by atoms with Gasteiger partial charge in [-0.15, -0.1) is 0 Å². The molecule has 0 atom stereocenters. The van der Waals surface area contributed by atoms with Gasteiger partial charge in [-0.1, -0.05) is 128 Å². The molecule has 64 heavy (non-hydrogen) atoms. The van der Waals surface area contributed by atoms with Crippen molar-refractivity contribution in [1.29, 1.82) is 0 Å². The lowest BCUT2D eigenvalue weighted by molar-refractivity contribution is 0.487. The summed E-state index contributed by atoms with van der Waals surface area (Å²) in [5.41, 5.74) is 12.9. The van der Waals surface area contributed by atoms with E-state index in [-0.39, 0.29) is 0 Å². The summed E-state index contributed by atoms with van der Waals surface area (Å²) in [6.07, 6.45) is 0. The van der Waals surface area contributed by atoms with Crippen LogP contribution in [0.5, 0.6) is 11.5 Å². The predicted octanol–water partition coefficient (Wildman–Crippen LogP) is 16.8. The molecule has 0 amide bonds. The van der Waals surface area contributed by atoms with Crippen molar-refractivity contribution >= 4 is 90.9 Å². The number of ether oxygens (including phenoxy) is 1. The van der Waals surface area contributed by atoms with E-state index < -0.39 is 8.07 Å². The van der Waals surface area contributed by atoms with E-state index in [0.717, 1.165) is 78.5 Å². The molecule has 1 aliphatic heterocycles. The van der Waals surface area contributed by atoms with Gasteiger partial charge in [0, 0.05) is 61.9 Å². The first-order valence-corrected chi connectivity index (χ1v) is 25.5. The van der Waals surface area contributed by atoms with Crippen molar-refractivity contribution in [3.63, 3.8) is 0 Å². The Balaban J connectivity index is 0.910. The Morgan fingerprint density at radius 1 is 0.359 bits per heavy atom. The van der Waals surface area contributed by atoms with Gasteiger partial charge < -0.3 is 19.0 Å². The van der Waals surface area contributed by atoms with E-state index in [9.17, 15) is 0 Å². The van der Waals surface area contributed by atoms with Crippen LogP contribution in [0.25, 0.3) is 65.7 Å². The van der Waals surface area contributed by atoms with Crippen LogP contribution in [0.15, 0.2) is 217 Å². The molecule has 0 saturated heterocycles. The van der Waals surface area contributed by atoms with Gasteiger partial charge in [-0.05, 0) is 136 Å². The van der Waals surface area contributed by atoms with Gasteiger partial charge in [0.1, 0.15) is 22.7 Å². The smallest absolute Gasteiger partial charge is 0.137 e. The molecule has 5 heteroatoms. The van der Waals surface area contributed by atoms with Crippen molar-refractivity contribution in [2.24, 2.45) is 0 Å². The highest BCUT2D eigenvalue weighted by molar-refractivity contribution is 6.88. The maximum atomic E-state index is 6.88. The number of anilines is 6. The lowest BCUT2D eigenvalue weighted by Gasteiger charge is -2.28. The van der Waals surface area contributed by atoms with Crippen LogP contribution in [0.3, 0.4) is 0 Å². The molecule has 11 aromatic rings. The summed E-state index contributed by atoms with van der Waals surface area (Å²) in [4.78, 5) is 4.63. The zero-order valence-corrected chi connectivity index (χ0v) is 36.9. The van der Waals surface area contributed by atoms with Gasteiger partial charge in [0.25, 0.3) is 0 Å². The molecule has 2 heterocycles. The molecule has 4 nitrogen and oxygen atoms in total. The largest absolute Gasteiger partial charge is 0.456 e. The van der Waals surface area contributed by atoms with E-state index in [1.807, 2.05) is 12.1 Å². The van der Waals surface area contributed by atoms with Gasteiger partial charge in [-0.25, -0.2) is 0 Å². The van der Waals surface area contributed by atoms with E-state index in [2.05, 4.69) is 230 Å². The van der Waals surface area contributed by atoms with Gasteiger partial charge in [0.2, 0.25) is 0 Å². The quantitative estimate of drug-likeness (QED) is 0.113. The maximum Gasteiger partial charge on any atom is 0.137 e. The van der Waals surface area contributed by atoms with Gasteiger partial charge in [-0.3, -0.25) is 0 Å². The first-order chi connectivity index (χ1) is 31.3. The summed E-state index contributed by atoms with van der Waals surface area (Å²) in [5.74, 6) is 1.70. The standard InChI is InChI=1S/C59H44N2O2Si/c1-64(2,3)48-31-27-45(28-32-48)60(42-13-6-4-7-14-42)44-25-23-39(24-26-44)40-21-22-41-36-54-50-33-29-47(38-58(50)63-57-20-12-18-51(59(54)57)52(41)35-40)61(43-15-8-5-9-16-43)46-30-34-56-53(37-46)49-17-10-11-19-55(49)62-56/h4-38H,1-3H3. The Hall–Kier alpha value is -7.86. The third kappa shape index (κ3) is 6.43. The molecule has 306 valence electrons. The van der Waals surface area contributed by atoms with Gasteiger partial charge in [0.05, 0.1) is 8.07 Å². The van der Waals surface area contributed by atoms with Crippen LogP contribution in [0, 0.1) is 0 Å². The minimum Gasteiger partial charge on any atom is -0.456 e. The van der Waals surface area contributed by atoms with Crippen LogP contribution >= 0.6 is 0 Å². The number of furan rings is 1. The topological polar surface area (TPSA) is 28.9 Å². The average molecular weight is 841 g/mol. The van der Waals surface area contributed by atoms with Crippen molar-refractivity contribution in [1.82, 2.24) is 0 Å². The van der Waals surface area contributed by atoms with Crippen LogP contribution in [-0.4, -0.2) is 8.07 Å². The first kappa shape index (κ1) is 37.9. The number of fused-ring (bicyclic) bond motifs is 7. The third-order valence-electron chi connectivity index (χ3n) is 12.8. The van der Waals surface area contributed by atoms with Gasteiger partial charge in [0.15, 0.2) is 0 Å². The van der Waals surface area contributed by atoms with E-state index in [1.54, 1.807) is 0 Å². The number of nitrogens with zero attached hydrogens (tertiary/aromatic N) is 2. The fourth-order valence-corrected chi connectivity index (χ4v) is 10.7. The van der Waals surface area contributed by atoms with Crippen LogP contribution < -0.4 is 19.7 Å². The first-order valence-electron chi connectivity index (χ1n) is 22.0. The number of para-hydroxylation sites is 3. The Bertz CT molecular complexity index is 3560. The molecular weight excluding hydrogens is 797 g/mol. The highest BCUT2D eigenvalue weighted by atomic mass is 28.3. The lowest BCUT2D eigenvalue weighted by Crippen LogP contribution is -2.37. The molecule has 0 unspecified atom stereocenters. The molecule has 1 aromatic heterocycles. The molecule has 12 rings (SSSR count). The van der Waals surface area contributed by atoms with Crippen molar-refractivity contribution in [3.05, 3.63) is 212 Å². The number of hydrogen-bond donors (Lipinski definition) is 0. The van der Waals surface area contributed by atoms with E-state index >= 15 is 0 Å². The van der Waals surface area contributed by atoms with E-state index in [4.69, 9.17) is 9.15 Å². The summed E-state index contributed by atoms with van der Waals surface area (Å²) in [6, 6.07) is 76.3. The number of benzene rings is 10. The van der Waals surface area contributed by atoms with Gasteiger partial charge >= 0.3 is 0 Å². The Morgan fingerprint density at radius 2 is 0.938 bits per heavy atom. The fraction of sp³-hybridized carbons (Fsp3) is 0.0508.